The number of rotatable bonds is 1. The van der Waals surface area contributed by atoms with Crippen LogP contribution in [-0.4, -0.2) is 20.0 Å². The number of aromatic amines is 1. The van der Waals surface area contributed by atoms with Crippen molar-refractivity contribution < 1.29 is 0 Å². The van der Waals surface area contributed by atoms with Crippen molar-refractivity contribution in [2.75, 3.05) is 5.73 Å². The maximum Gasteiger partial charge on any atom is 0.159 e. The number of hydrogen-bond acceptors (Lipinski definition) is 3. The Labute approximate surface area is 102 Å². The Morgan fingerprint density at radius 3 is 2.88 bits per heavy atom. The minimum absolute atomic E-state index is 0.471. The Balaban J connectivity index is 2.42. The molecule has 0 saturated heterocycles. The van der Waals surface area contributed by atoms with Crippen molar-refractivity contribution in [1.82, 2.24) is 20.0 Å². The molecule has 3 aromatic rings. The SMILES string of the molecule is Cn1nc(Cl)c2c(-c3cn[nH]c3N)cccc21. The largest absolute Gasteiger partial charge is 0.384 e. The monoisotopic (exact) mass is 247 g/mol. The summed E-state index contributed by atoms with van der Waals surface area (Å²) in [7, 11) is 1.86. The summed E-state index contributed by atoms with van der Waals surface area (Å²) >= 11 is 6.15. The van der Waals surface area contributed by atoms with Crippen LogP contribution in [0, 0.1) is 0 Å². The molecule has 0 aliphatic carbocycles. The molecule has 0 amide bonds. The molecule has 0 fully saturated rings. The normalized spacial score (nSPS) is 11.2. The molecule has 2 heterocycles. The van der Waals surface area contributed by atoms with Gasteiger partial charge in [-0.25, -0.2) is 0 Å². The molecule has 0 spiro atoms. The van der Waals surface area contributed by atoms with Gasteiger partial charge in [0.1, 0.15) is 5.82 Å². The number of fused-ring (bicyclic) bond motifs is 1. The zero-order chi connectivity index (χ0) is 12.0. The second kappa shape index (κ2) is 3.49. The maximum atomic E-state index is 6.15. The molecule has 0 radical (unpaired) electrons. The Morgan fingerprint density at radius 1 is 1.35 bits per heavy atom. The summed E-state index contributed by atoms with van der Waals surface area (Å²) in [6, 6.07) is 5.87. The molecule has 3 N–H and O–H groups in total. The van der Waals surface area contributed by atoms with E-state index in [2.05, 4.69) is 15.3 Å². The third-order valence-electron chi connectivity index (χ3n) is 2.79. The number of nitrogens with two attached hydrogens (primary N) is 1. The number of aryl methyl sites for hydroxylation is 1. The molecule has 1 aromatic carbocycles. The Hall–Kier alpha value is -2.01. The molecule has 3 rings (SSSR count). The summed E-state index contributed by atoms with van der Waals surface area (Å²) < 4.78 is 1.75. The highest BCUT2D eigenvalue weighted by molar-refractivity contribution is 6.35. The van der Waals surface area contributed by atoms with Gasteiger partial charge in [-0.05, 0) is 11.6 Å². The molecule has 0 unspecified atom stereocenters. The predicted molar refractivity (Wildman–Crippen MR) is 67.7 cm³/mol. The van der Waals surface area contributed by atoms with Crippen molar-refractivity contribution >= 4 is 28.3 Å². The van der Waals surface area contributed by atoms with E-state index in [1.54, 1.807) is 10.9 Å². The molecule has 86 valence electrons. The second-order valence-corrected chi connectivity index (χ2v) is 4.17. The number of H-pyrrole nitrogens is 1. The highest BCUT2D eigenvalue weighted by atomic mass is 35.5. The Morgan fingerprint density at radius 2 is 2.18 bits per heavy atom. The van der Waals surface area contributed by atoms with E-state index >= 15 is 0 Å². The fourth-order valence-electron chi connectivity index (χ4n) is 2.00. The molecule has 0 bridgehead atoms. The quantitative estimate of drug-likeness (QED) is 0.692. The first kappa shape index (κ1) is 10.2. The average Bonchev–Trinajstić information content (AvgIpc) is 2.85. The van der Waals surface area contributed by atoms with Gasteiger partial charge in [0.2, 0.25) is 0 Å². The van der Waals surface area contributed by atoms with Crippen LogP contribution in [0.2, 0.25) is 5.15 Å². The van der Waals surface area contributed by atoms with Gasteiger partial charge < -0.3 is 5.73 Å². The van der Waals surface area contributed by atoms with Gasteiger partial charge in [-0.15, -0.1) is 0 Å². The van der Waals surface area contributed by atoms with E-state index in [1.165, 1.54) is 0 Å². The lowest BCUT2D eigenvalue weighted by molar-refractivity contribution is 0.797. The van der Waals surface area contributed by atoms with Crippen molar-refractivity contribution in [2.45, 2.75) is 0 Å². The number of aromatic nitrogens is 4. The van der Waals surface area contributed by atoms with Gasteiger partial charge in [0, 0.05) is 18.0 Å². The lowest BCUT2D eigenvalue weighted by Crippen LogP contribution is -1.90. The zero-order valence-electron chi connectivity index (χ0n) is 9.11. The van der Waals surface area contributed by atoms with Gasteiger partial charge in [0.25, 0.3) is 0 Å². The summed E-state index contributed by atoms with van der Waals surface area (Å²) in [5.74, 6) is 0.525. The molecule has 0 saturated carbocycles. The summed E-state index contributed by atoms with van der Waals surface area (Å²) in [6.45, 7) is 0. The van der Waals surface area contributed by atoms with Gasteiger partial charge in [-0.3, -0.25) is 9.78 Å². The fourth-order valence-corrected chi connectivity index (χ4v) is 2.31. The number of halogens is 1. The lowest BCUT2D eigenvalue weighted by Gasteiger charge is -2.02. The van der Waals surface area contributed by atoms with E-state index in [4.69, 9.17) is 17.3 Å². The second-order valence-electron chi connectivity index (χ2n) is 3.81. The Kier molecular flexibility index (Phi) is 2.09. The molecule has 0 aliphatic heterocycles. The highest BCUT2D eigenvalue weighted by Gasteiger charge is 2.14. The van der Waals surface area contributed by atoms with Crippen LogP contribution in [0.5, 0.6) is 0 Å². The van der Waals surface area contributed by atoms with Crippen molar-refractivity contribution in [3.63, 3.8) is 0 Å². The minimum Gasteiger partial charge on any atom is -0.384 e. The molecule has 0 aliphatic rings. The predicted octanol–water partition coefficient (Wildman–Crippen LogP) is 2.20. The molecular formula is C11H10ClN5. The third-order valence-corrected chi connectivity index (χ3v) is 3.06. The fraction of sp³-hybridized carbons (Fsp3) is 0.0909. The number of nitrogens with zero attached hydrogens (tertiary/aromatic N) is 3. The van der Waals surface area contributed by atoms with E-state index in [0.29, 0.717) is 11.0 Å². The number of nitrogen functional groups attached to an aromatic ring is 1. The van der Waals surface area contributed by atoms with Crippen LogP contribution < -0.4 is 5.73 Å². The molecule has 2 aromatic heterocycles. The Bertz CT molecular complexity index is 697. The third kappa shape index (κ3) is 1.39. The topological polar surface area (TPSA) is 72.5 Å². The van der Waals surface area contributed by atoms with E-state index < -0.39 is 0 Å². The van der Waals surface area contributed by atoms with Gasteiger partial charge in [0.05, 0.1) is 11.7 Å². The minimum atomic E-state index is 0.471. The summed E-state index contributed by atoms with van der Waals surface area (Å²) in [4.78, 5) is 0. The van der Waals surface area contributed by atoms with Crippen LogP contribution in [0.1, 0.15) is 0 Å². The smallest absolute Gasteiger partial charge is 0.159 e. The van der Waals surface area contributed by atoms with E-state index in [9.17, 15) is 0 Å². The maximum absolute atomic E-state index is 6.15. The average molecular weight is 248 g/mol. The number of benzene rings is 1. The first-order valence-electron chi connectivity index (χ1n) is 5.09. The molecular weight excluding hydrogens is 238 g/mol. The van der Waals surface area contributed by atoms with Crippen LogP contribution >= 0.6 is 11.6 Å². The molecule has 17 heavy (non-hydrogen) atoms. The lowest BCUT2D eigenvalue weighted by atomic mass is 10.0. The van der Waals surface area contributed by atoms with Gasteiger partial charge >= 0.3 is 0 Å². The molecule has 0 atom stereocenters. The zero-order valence-corrected chi connectivity index (χ0v) is 9.86. The van der Waals surface area contributed by atoms with Crippen LogP contribution in [0.15, 0.2) is 24.4 Å². The van der Waals surface area contributed by atoms with Crippen molar-refractivity contribution in [1.29, 1.82) is 0 Å². The van der Waals surface area contributed by atoms with E-state index in [-0.39, 0.29) is 0 Å². The number of anilines is 1. The standard InChI is InChI=1S/C11H10ClN5/c1-17-8-4-2-3-6(9(8)10(12)16-17)7-5-14-15-11(7)13/h2-5H,1H3,(H3,13,14,15). The first-order chi connectivity index (χ1) is 8.18. The van der Waals surface area contributed by atoms with Crippen LogP contribution in [0.25, 0.3) is 22.0 Å². The first-order valence-corrected chi connectivity index (χ1v) is 5.46. The highest BCUT2D eigenvalue weighted by Crippen LogP contribution is 2.34. The van der Waals surface area contributed by atoms with Gasteiger partial charge in [0.15, 0.2) is 5.15 Å². The van der Waals surface area contributed by atoms with Gasteiger partial charge in [-0.2, -0.15) is 10.2 Å². The van der Waals surface area contributed by atoms with Crippen molar-refractivity contribution in [3.05, 3.63) is 29.5 Å². The number of nitrogens with one attached hydrogen (secondary N) is 1. The number of hydrogen-bond donors (Lipinski definition) is 2. The summed E-state index contributed by atoms with van der Waals surface area (Å²) in [5, 5.41) is 12.2. The van der Waals surface area contributed by atoms with E-state index in [0.717, 1.165) is 22.0 Å². The summed E-state index contributed by atoms with van der Waals surface area (Å²) in [6.07, 6.45) is 1.69. The van der Waals surface area contributed by atoms with Crippen LogP contribution in [0.3, 0.4) is 0 Å². The van der Waals surface area contributed by atoms with Crippen LogP contribution in [0.4, 0.5) is 5.82 Å². The van der Waals surface area contributed by atoms with Crippen LogP contribution in [-0.2, 0) is 7.05 Å². The molecule has 5 nitrogen and oxygen atoms in total. The van der Waals surface area contributed by atoms with Crippen molar-refractivity contribution in [2.24, 2.45) is 7.05 Å². The van der Waals surface area contributed by atoms with Crippen molar-refractivity contribution in [3.8, 4) is 11.1 Å². The van der Waals surface area contributed by atoms with E-state index in [1.807, 2.05) is 25.2 Å². The summed E-state index contributed by atoms with van der Waals surface area (Å²) in [5.41, 5.74) is 8.57. The molecule has 6 heteroatoms. The van der Waals surface area contributed by atoms with Gasteiger partial charge in [-0.1, -0.05) is 23.7 Å².